The van der Waals surface area contributed by atoms with Gasteiger partial charge in [0.2, 0.25) is 5.91 Å². The van der Waals surface area contributed by atoms with E-state index in [-0.39, 0.29) is 17.9 Å². The second-order valence-corrected chi connectivity index (χ2v) is 6.38. The highest BCUT2D eigenvalue weighted by Crippen LogP contribution is 2.24. The molecule has 0 aromatic heterocycles. The van der Waals surface area contributed by atoms with E-state index in [4.69, 9.17) is 5.73 Å². The highest BCUT2D eigenvalue weighted by Gasteiger charge is 2.21. The van der Waals surface area contributed by atoms with Gasteiger partial charge in [0.15, 0.2) is 0 Å². The molecular formula is C18H28N2O. The number of hydrogen-bond donors (Lipinski definition) is 2. The van der Waals surface area contributed by atoms with Crippen LogP contribution in [0.5, 0.6) is 0 Å². The summed E-state index contributed by atoms with van der Waals surface area (Å²) in [5.41, 5.74) is 10.1. The van der Waals surface area contributed by atoms with Crippen molar-refractivity contribution in [1.82, 2.24) is 5.32 Å². The molecule has 1 aromatic rings. The molecule has 0 fully saturated rings. The van der Waals surface area contributed by atoms with Crippen LogP contribution in [0, 0.1) is 5.92 Å². The van der Waals surface area contributed by atoms with Crippen molar-refractivity contribution in [3.63, 3.8) is 0 Å². The van der Waals surface area contributed by atoms with Gasteiger partial charge in [-0.05, 0) is 55.2 Å². The lowest BCUT2D eigenvalue weighted by molar-refractivity contribution is -0.124. The number of hydrogen-bond acceptors (Lipinski definition) is 2. The molecule has 0 saturated carbocycles. The SMILES string of the molecule is CC[C@H](C)[C@H](N)C(=O)NC(C)c1ccc2c(c1)CCCC2. The van der Waals surface area contributed by atoms with Gasteiger partial charge in [0.1, 0.15) is 0 Å². The predicted molar refractivity (Wildman–Crippen MR) is 87.1 cm³/mol. The summed E-state index contributed by atoms with van der Waals surface area (Å²) in [4.78, 5) is 12.2. The lowest BCUT2D eigenvalue weighted by Gasteiger charge is -2.23. The molecule has 0 radical (unpaired) electrons. The molecule has 1 aromatic carbocycles. The number of nitrogens with one attached hydrogen (secondary N) is 1. The molecular weight excluding hydrogens is 260 g/mol. The third-order valence-corrected chi connectivity index (χ3v) is 4.79. The molecule has 3 heteroatoms. The molecule has 1 unspecified atom stereocenters. The summed E-state index contributed by atoms with van der Waals surface area (Å²) in [7, 11) is 0. The van der Waals surface area contributed by atoms with Gasteiger partial charge in [-0.25, -0.2) is 0 Å². The normalized spacial score (nSPS) is 18.5. The number of nitrogens with two attached hydrogens (primary N) is 1. The van der Waals surface area contributed by atoms with Gasteiger partial charge in [-0.3, -0.25) is 4.79 Å². The summed E-state index contributed by atoms with van der Waals surface area (Å²) >= 11 is 0. The van der Waals surface area contributed by atoms with Crippen LogP contribution in [0.3, 0.4) is 0 Å². The maximum atomic E-state index is 12.2. The maximum absolute atomic E-state index is 12.2. The molecule has 0 bridgehead atoms. The van der Waals surface area contributed by atoms with E-state index in [0.717, 1.165) is 12.8 Å². The first-order chi connectivity index (χ1) is 10.0. The molecule has 0 heterocycles. The predicted octanol–water partition coefficient (Wildman–Crippen LogP) is 3.12. The second-order valence-electron chi connectivity index (χ2n) is 6.38. The van der Waals surface area contributed by atoms with E-state index in [1.54, 1.807) is 0 Å². The van der Waals surface area contributed by atoms with Crippen LogP contribution in [-0.2, 0) is 17.6 Å². The van der Waals surface area contributed by atoms with Gasteiger partial charge in [0.05, 0.1) is 12.1 Å². The molecule has 116 valence electrons. The smallest absolute Gasteiger partial charge is 0.237 e. The zero-order valence-electron chi connectivity index (χ0n) is 13.5. The molecule has 0 saturated heterocycles. The van der Waals surface area contributed by atoms with E-state index >= 15 is 0 Å². The van der Waals surface area contributed by atoms with Gasteiger partial charge in [0.25, 0.3) is 0 Å². The van der Waals surface area contributed by atoms with Crippen LogP contribution in [0.4, 0.5) is 0 Å². The number of amides is 1. The summed E-state index contributed by atoms with van der Waals surface area (Å²) in [5.74, 6) is 0.162. The lowest BCUT2D eigenvalue weighted by Crippen LogP contribution is -2.45. The summed E-state index contributed by atoms with van der Waals surface area (Å²) in [6.45, 7) is 6.12. The molecule has 21 heavy (non-hydrogen) atoms. The molecule has 2 rings (SSSR count). The number of carbonyl (C=O) groups is 1. The van der Waals surface area contributed by atoms with Gasteiger partial charge in [-0.1, -0.05) is 38.5 Å². The Kier molecular flexibility index (Phi) is 5.40. The van der Waals surface area contributed by atoms with Gasteiger partial charge >= 0.3 is 0 Å². The second kappa shape index (κ2) is 7.08. The van der Waals surface area contributed by atoms with E-state index in [1.165, 1.54) is 36.0 Å². The molecule has 0 aliphatic heterocycles. The molecule has 3 N–H and O–H groups in total. The first-order valence-corrected chi connectivity index (χ1v) is 8.20. The van der Waals surface area contributed by atoms with Crippen molar-refractivity contribution >= 4 is 5.91 Å². The van der Waals surface area contributed by atoms with Gasteiger partial charge in [-0.15, -0.1) is 0 Å². The Labute approximate surface area is 128 Å². The van der Waals surface area contributed by atoms with Crippen LogP contribution < -0.4 is 11.1 Å². The molecule has 1 amide bonds. The third-order valence-electron chi connectivity index (χ3n) is 4.79. The van der Waals surface area contributed by atoms with Crippen molar-refractivity contribution < 1.29 is 4.79 Å². The fourth-order valence-electron chi connectivity index (χ4n) is 2.93. The van der Waals surface area contributed by atoms with E-state index in [1.807, 2.05) is 13.8 Å². The quantitative estimate of drug-likeness (QED) is 0.874. The highest BCUT2D eigenvalue weighted by molar-refractivity contribution is 5.82. The summed E-state index contributed by atoms with van der Waals surface area (Å²) in [6, 6.07) is 6.22. The van der Waals surface area contributed by atoms with Gasteiger partial charge in [-0.2, -0.15) is 0 Å². The van der Waals surface area contributed by atoms with Crippen molar-refractivity contribution in [3.05, 3.63) is 34.9 Å². The zero-order valence-corrected chi connectivity index (χ0v) is 13.5. The van der Waals surface area contributed by atoms with Crippen LogP contribution in [0.25, 0.3) is 0 Å². The summed E-state index contributed by atoms with van der Waals surface area (Å²) < 4.78 is 0. The zero-order chi connectivity index (χ0) is 15.4. The van der Waals surface area contributed by atoms with Crippen LogP contribution in [-0.4, -0.2) is 11.9 Å². The standard InChI is InChI=1S/C18H28N2O/c1-4-12(2)17(19)18(21)20-13(3)15-10-9-14-7-5-6-8-16(14)11-15/h9-13,17H,4-8,19H2,1-3H3,(H,20,21)/t12-,13?,17-/m0/s1. The first kappa shape index (κ1) is 16.0. The number of aryl methyl sites for hydroxylation is 2. The Morgan fingerprint density at radius 3 is 2.57 bits per heavy atom. The van der Waals surface area contributed by atoms with Crippen molar-refractivity contribution in [2.24, 2.45) is 11.7 Å². The highest BCUT2D eigenvalue weighted by atomic mass is 16.2. The molecule has 0 spiro atoms. The largest absolute Gasteiger partial charge is 0.348 e. The van der Waals surface area contributed by atoms with E-state index in [9.17, 15) is 4.79 Å². The Balaban J connectivity index is 2.03. The summed E-state index contributed by atoms with van der Waals surface area (Å²) in [6.07, 6.45) is 5.84. The number of fused-ring (bicyclic) bond motifs is 1. The first-order valence-electron chi connectivity index (χ1n) is 8.20. The molecule has 3 nitrogen and oxygen atoms in total. The van der Waals surface area contributed by atoms with Crippen LogP contribution in [0.2, 0.25) is 0 Å². The van der Waals surface area contributed by atoms with Crippen LogP contribution >= 0.6 is 0 Å². The fraction of sp³-hybridized carbons (Fsp3) is 0.611. The van der Waals surface area contributed by atoms with Crippen molar-refractivity contribution in [1.29, 1.82) is 0 Å². The lowest BCUT2D eigenvalue weighted by atomic mass is 9.89. The Hall–Kier alpha value is -1.35. The minimum absolute atomic E-state index is 0.0137. The van der Waals surface area contributed by atoms with Crippen molar-refractivity contribution in [2.75, 3.05) is 0 Å². The summed E-state index contributed by atoms with van der Waals surface area (Å²) in [5, 5.41) is 3.05. The maximum Gasteiger partial charge on any atom is 0.237 e. The van der Waals surface area contributed by atoms with Gasteiger partial charge in [0, 0.05) is 0 Å². The molecule has 3 atom stereocenters. The Bertz CT molecular complexity index is 498. The fourth-order valence-corrected chi connectivity index (χ4v) is 2.93. The number of benzene rings is 1. The average Bonchev–Trinajstić information content (AvgIpc) is 2.52. The topological polar surface area (TPSA) is 55.1 Å². The monoisotopic (exact) mass is 288 g/mol. The average molecular weight is 288 g/mol. The minimum Gasteiger partial charge on any atom is -0.348 e. The molecule has 1 aliphatic carbocycles. The van der Waals surface area contributed by atoms with E-state index in [2.05, 4.69) is 30.4 Å². The number of carbonyl (C=O) groups excluding carboxylic acids is 1. The van der Waals surface area contributed by atoms with Crippen molar-refractivity contribution in [3.8, 4) is 0 Å². The Morgan fingerprint density at radius 2 is 1.90 bits per heavy atom. The van der Waals surface area contributed by atoms with E-state index < -0.39 is 6.04 Å². The number of rotatable bonds is 5. The third kappa shape index (κ3) is 3.85. The van der Waals surface area contributed by atoms with Crippen molar-refractivity contribution in [2.45, 2.75) is 65.0 Å². The van der Waals surface area contributed by atoms with Crippen LogP contribution in [0.15, 0.2) is 18.2 Å². The Morgan fingerprint density at radius 1 is 1.24 bits per heavy atom. The minimum atomic E-state index is -0.421. The molecule has 1 aliphatic rings. The van der Waals surface area contributed by atoms with Gasteiger partial charge < -0.3 is 11.1 Å². The van der Waals surface area contributed by atoms with Crippen LogP contribution in [0.1, 0.15) is 62.8 Å². The van der Waals surface area contributed by atoms with E-state index in [0.29, 0.717) is 0 Å².